The molecule has 1 aromatic heterocycles. The van der Waals surface area contributed by atoms with Crippen LogP contribution in [0.4, 0.5) is 0 Å². The number of nitrogens with one attached hydrogen (secondary N) is 2. The Morgan fingerprint density at radius 3 is 2.74 bits per heavy atom. The highest BCUT2D eigenvalue weighted by Gasteiger charge is 2.13. The van der Waals surface area contributed by atoms with E-state index in [9.17, 15) is 4.79 Å². The van der Waals surface area contributed by atoms with Crippen molar-refractivity contribution >= 4 is 22.8 Å². The molecule has 0 aliphatic carbocycles. The molecule has 0 atom stereocenters. The fourth-order valence-corrected chi connectivity index (χ4v) is 1.97. The van der Waals surface area contributed by atoms with Crippen LogP contribution in [0.3, 0.4) is 0 Å². The third kappa shape index (κ3) is 2.45. The fraction of sp³-hybridized carbons (Fsp3) is 0.286. The molecule has 2 N–H and O–H groups in total. The predicted octanol–water partition coefficient (Wildman–Crippen LogP) is 2.62. The van der Waals surface area contributed by atoms with E-state index < -0.39 is 0 Å². The minimum atomic E-state index is -0.375. The third-order valence-electron chi connectivity index (χ3n) is 2.91. The molecule has 0 unspecified atom stereocenters. The Morgan fingerprint density at radius 1 is 1.37 bits per heavy atom. The van der Waals surface area contributed by atoms with E-state index in [0.29, 0.717) is 17.9 Å². The summed E-state index contributed by atoms with van der Waals surface area (Å²) in [5.41, 5.74) is 2.82. The second kappa shape index (κ2) is 5.14. The maximum Gasteiger partial charge on any atom is 0.354 e. The van der Waals surface area contributed by atoms with Crippen molar-refractivity contribution in [2.24, 2.45) is 0 Å². The summed E-state index contributed by atoms with van der Waals surface area (Å²) < 4.78 is 9.89. The Hall–Kier alpha value is -2.30. The van der Waals surface area contributed by atoms with Crippen molar-refractivity contribution in [2.45, 2.75) is 13.8 Å². The summed E-state index contributed by atoms with van der Waals surface area (Å²) in [6.07, 6.45) is 0. The zero-order valence-corrected chi connectivity index (χ0v) is 11.2. The number of aromatic amines is 1. The number of ether oxygens (including phenoxy) is 2. The van der Waals surface area contributed by atoms with E-state index in [1.54, 1.807) is 19.1 Å². The van der Waals surface area contributed by atoms with Gasteiger partial charge in [-0.25, -0.2) is 4.79 Å². The van der Waals surface area contributed by atoms with Crippen LogP contribution < -0.4 is 0 Å². The number of benzene rings is 1. The van der Waals surface area contributed by atoms with Crippen LogP contribution in [-0.4, -0.2) is 30.6 Å². The van der Waals surface area contributed by atoms with Gasteiger partial charge in [0, 0.05) is 16.5 Å². The summed E-state index contributed by atoms with van der Waals surface area (Å²) >= 11 is 0. The Balaban J connectivity index is 2.49. The first-order valence-corrected chi connectivity index (χ1v) is 6.00. The number of methoxy groups -OCH3 is 1. The fourth-order valence-electron chi connectivity index (χ4n) is 1.97. The van der Waals surface area contributed by atoms with Crippen LogP contribution in [-0.2, 0) is 9.47 Å². The van der Waals surface area contributed by atoms with E-state index in [2.05, 4.69) is 4.98 Å². The summed E-state index contributed by atoms with van der Waals surface area (Å²) in [5.74, 6) is -0.272. The van der Waals surface area contributed by atoms with Gasteiger partial charge in [-0.05, 0) is 37.6 Å². The zero-order valence-electron chi connectivity index (χ0n) is 11.2. The average Bonchev–Trinajstić information content (AvgIpc) is 2.80. The van der Waals surface area contributed by atoms with Crippen molar-refractivity contribution in [3.8, 4) is 0 Å². The molecular formula is C14H16N2O3. The first-order valence-electron chi connectivity index (χ1n) is 6.00. The Labute approximate surface area is 111 Å². The lowest BCUT2D eigenvalue weighted by molar-refractivity contribution is 0.0520. The molecule has 0 aliphatic heterocycles. The molecule has 0 saturated carbocycles. The smallest absolute Gasteiger partial charge is 0.354 e. The van der Waals surface area contributed by atoms with E-state index in [1.165, 1.54) is 7.11 Å². The molecule has 0 aliphatic rings. The number of aryl methyl sites for hydroxylation is 1. The molecule has 0 spiro atoms. The van der Waals surface area contributed by atoms with E-state index in [-0.39, 0.29) is 11.9 Å². The maximum atomic E-state index is 11.7. The van der Waals surface area contributed by atoms with Crippen LogP contribution in [0.5, 0.6) is 0 Å². The molecule has 0 amide bonds. The minimum Gasteiger partial charge on any atom is -0.481 e. The van der Waals surface area contributed by atoms with Crippen LogP contribution in [0.1, 0.15) is 28.5 Å². The second-order valence-corrected chi connectivity index (χ2v) is 4.19. The van der Waals surface area contributed by atoms with Gasteiger partial charge in [-0.2, -0.15) is 0 Å². The van der Waals surface area contributed by atoms with E-state index in [4.69, 9.17) is 14.9 Å². The number of hydrogen-bond acceptors (Lipinski definition) is 4. The minimum absolute atomic E-state index is 0.103. The molecule has 2 aromatic rings. The molecule has 0 saturated heterocycles. The number of esters is 1. The van der Waals surface area contributed by atoms with Crippen molar-refractivity contribution in [3.63, 3.8) is 0 Å². The first kappa shape index (κ1) is 13.1. The summed E-state index contributed by atoms with van der Waals surface area (Å²) in [7, 11) is 1.46. The van der Waals surface area contributed by atoms with E-state index in [0.717, 1.165) is 16.5 Å². The van der Waals surface area contributed by atoms with Crippen molar-refractivity contribution in [2.75, 3.05) is 13.7 Å². The van der Waals surface area contributed by atoms with Crippen molar-refractivity contribution in [3.05, 3.63) is 35.0 Å². The SMILES string of the molecule is CCOC(=O)c1cc2cc(C)c(C(=N)OC)cc2[nH]1. The molecule has 2 rings (SSSR count). The van der Waals surface area contributed by atoms with Gasteiger partial charge in [0.2, 0.25) is 5.90 Å². The van der Waals surface area contributed by atoms with Crippen LogP contribution in [0.25, 0.3) is 10.9 Å². The van der Waals surface area contributed by atoms with Gasteiger partial charge >= 0.3 is 5.97 Å². The van der Waals surface area contributed by atoms with Gasteiger partial charge in [-0.3, -0.25) is 5.41 Å². The lowest BCUT2D eigenvalue weighted by Crippen LogP contribution is -2.04. The Kier molecular flexibility index (Phi) is 3.55. The average molecular weight is 260 g/mol. The molecule has 5 nitrogen and oxygen atoms in total. The van der Waals surface area contributed by atoms with Gasteiger partial charge in [-0.1, -0.05) is 0 Å². The Morgan fingerprint density at radius 2 is 2.11 bits per heavy atom. The largest absolute Gasteiger partial charge is 0.481 e. The van der Waals surface area contributed by atoms with Gasteiger partial charge in [0.05, 0.1) is 13.7 Å². The van der Waals surface area contributed by atoms with Crippen LogP contribution in [0.2, 0.25) is 0 Å². The maximum absolute atomic E-state index is 11.7. The Bertz CT molecular complexity index is 643. The lowest BCUT2D eigenvalue weighted by Gasteiger charge is -2.06. The van der Waals surface area contributed by atoms with Gasteiger partial charge < -0.3 is 14.5 Å². The van der Waals surface area contributed by atoms with Crippen LogP contribution >= 0.6 is 0 Å². The number of hydrogen-bond donors (Lipinski definition) is 2. The predicted molar refractivity (Wildman–Crippen MR) is 72.8 cm³/mol. The molecule has 0 fully saturated rings. The normalized spacial score (nSPS) is 10.5. The quantitative estimate of drug-likeness (QED) is 0.506. The number of carbonyl (C=O) groups is 1. The molecule has 100 valence electrons. The standard InChI is InChI=1S/C14H16N2O3/c1-4-19-14(17)12-6-9-5-8(2)10(13(15)18-3)7-11(9)16-12/h5-7,15-16H,4H2,1-3H3. The first-order chi connectivity index (χ1) is 9.06. The lowest BCUT2D eigenvalue weighted by atomic mass is 10.1. The summed E-state index contributed by atoms with van der Waals surface area (Å²) in [4.78, 5) is 14.7. The highest BCUT2D eigenvalue weighted by molar-refractivity contribution is 6.00. The van der Waals surface area contributed by atoms with Crippen LogP contribution in [0, 0.1) is 12.3 Å². The monoisotopic (exact) mass is 260 g/mol. The highest BCUT2D eigenvalue weighted by atomic mass is 16.5. The molecule has 0 radical (unpaired) electrons. The van der Waals surface area contributed by atoms with Gasteiger partial charge in [0.15, 0.2) is 0 Å². The van der Waals surface area contributed by atoms with E-state index >= 15 is 0 Å². The van der Waals surface area contributed by atoms with Crippen molar-refractivity contribution in [1.82, 2.24) is 4.98 Å². The second-order valence-electron chi connectivity index (χ2n) is 4.19. The summed E-state index contributed by atoms with van der Waals surface area (Å²) in [5, 5.41) is 8.63. The molecular weight excluding hydrogens is 244 g/mol. The van der Waals surface area contributed by atoms with Gasteiger partial charge in [0.25, 0.3) is 0 Å². The molecule has 1 aromatic carbocycles. The number of fused-ring (bicyclic) bond motifs is 1. The summed E-state index contributed by atoms with van der Waals surface area (Å²) in [6, 6.07) is 5.47. The van der Waals surface area contributed by atoms with Crippen molar-refractivity contribution in [1.29, 1.82) is 5.41 Å². The number of carbonyl (C=O) groups excluding carboxylic acids is 1. The molecule has 1 heterocycles. The topological polar surface area (TPSA) is 75.2 Å². The number of aromatic nitrogens is 1. The molecule has 0 bridgehead atoms. The molecule has 19 heavy (non-hydrogen) atoms. The number of H-pyrrole nitrogens is 1. The van der Waals surface area contributed by atoms with Gasteiger partial charge in [-0.15, -0.1) is 0 Å². The zero-order chi connectivity index (χ0) is 14.0. The van der Waals surface area contributed by atoms with Crippen LogP contribution in [0.15, 0.2) is 18.2 Å². The number of rotatable bonds is 3. The van der Waals surface area contributed by atoms with Crippen molar-refractivity contribution < 1.29 is 14.3 Å². The highest BCUT2D eigenvalue weighted by Crippen LogP contribution is 2.21. The molecule has 5 heteroatoms. The third-order valence-corrected chi connectivity index (χ3v) is 2.91. The van der Waals surface area contributed by atoms with Gasteiger partial charge in [0.1, 0.15) is 5.69 Å². The summed E-state index contributed by atoms with van der Waals surface area (Å²) in [6.45, 7) is 4.01. The van der Waals surface area contributed by atoms with E-state index in [1.807, 2.05) is 13.0 Å².